The second-order valence-electron chi connectivity index (χ2n) is 6.49. The van der Waals surface area contributed by atoms with Gasteiger partial charge in [0, 0.05) is 6.04 Å². The highest BCUT2D eigenvalue weighted by Crippen LogP contribution is 2.26. The van der Waals surface area contributed by atoms with E-state index in [-0.39, 0.29) is 0 Å². The molecule has 0 bridgehead atoms. The van der Waals surface area contributed by atoms with E-state index < -0.39 is 0 Å². The molecule has 1 N–H and O–H groups in total. The number of unbranched alkanes of at least 4 members (excludes halogenated alkanes) is 7. The number of hydrogen-bond acceptors (Lipinski definition) is 1. The fourth-order valence-electron chi connectivity index (χ4n) is 3.51. The van der Waals surface area contributed by atoms with Gasteiger partial charge in [-0.05, 0) is 31.7 Å². The molecule has 0 aliphatic heterocycles. The summed E-state index contributed by atoms with van der Waals surface area (Å²) in [6.45, 7) is 5.91. The van der Waals surface area contributed by atoms with Crippen molar-refractivity contribution in [1.82, 2.24) is 5.32 Å². The Bertz CT molecular complexity index is 190. The van der Waals surface area contributed by atoms with Gasteiger partial charge in [-0.25, -0.2) is 0 Å². The van der Waals surface area contributed by atoms with Crippen molar-refractivity contribution in [3.05, 3.63) is 0 Å². The molecular weight excluding hydrogens is 230 g/mol. The first-order chi connectivity index (χ1) is 9.38. The lowest BCUT2D eigenvalue weighted by atomic mass is 9.83. The third kappa shape index (κ3) is 7.97. The van der Waals surface area contributed by atoms with Gasteiger partial charge in [0.1, 0.15) is 0 Å². The summed E-state index contributed by atoms with van der Waals surface area (Å²) in [5, 5.41) is 3.83. The lowest BCUT2D eigenvalue weighted by Crippen LogP contribution is -2.38. The zero-order valence-electron chi connectivity index (χ0n) is 13.6. The van der Waals surface area contributed by atoms with E-state index in [0.29, 0.717) is 0 Å². The van der Waals surface area contributed by atoms with Gasteiger partial charge in [-0.15, -0.1) is 0 Å². The molecule has 19 heavy (non-hydrogen) atoms. The molecule has 0 aromatic rings. The van der Waals surface area contributed by atoms with Crippen molar-refractivity contribution < 1.29 is 0 Å². The van der Waals surface area contributed by atoms with Gasteiger partial charge < -0.3 is 5.32 Å². The molecule has 1 nitrogen and oxygen atoms in total. The van der Waals surface area contributed by atoms with E-state index in [0.717, 1.165) is 12.0 Å². The van der Waals surface area contributed by atoms with Crippen LogP contribution >= 0.6 is 0 Å². The first-order valence-corrected chi connectivity index (χ1v) is 9.11. The largest absolute Gasteiger partial charge is 0.314 e. The normalized spacial score (nSPS) is 23.7. The molecule has 1 rings (SSSR count). The van der Waals surface area contributed by atoms with E-state index >= 15 is 0 Å². The number of rotatable bonds is 11. The minimum Gasteiger partial charge on any atom is -0.314 e. The molecule has 1 aliphatic carbocycles. The highest BCUT2D eigenvalue weighted by molar-refractivity contribution is 4.79. The molecule has 0 saturated heterocycles. The Labute approximate surface area is 121 Å². The molecule has 2 unspecified atom stereocenters. The van der Waals surface area contributed by atoms with Crippen molar-refractivity contribution >= 4 is 0 Å². The van der Waals surface area contributed by atoms with Gasteiger partial charge >= 0.3 is 0 Å². The molecule has 2 atom stereocenters. The lowest BCUT2D eigenvalue weighted by Gasteiger charge is -2.31. The fourth-order valence-corrected chi connectivity index (χ4v) is 3.51. The van der Waals surface area contributed by atoms with Crippen LogP contribution in [-0.4, -0.2) is 12.6 Å². The van der Waals surface area contributed by atoms with E-state index in [1.165, 1.54) is 90.0 Å². The van der Waals surface area contributed by atoms with E-state index in [9.17, 15) is 0 Å². The van der Waals surface area contributed by atoms with E-state index in [1.54, 1.807) is 0 Å². The Morgan fingerprint density at radius 2 is 1.42 bits per heavy atom. The molecule has 1 heteroatoms. The van der Waals surface area contributed by atoms with Crippen molar-refractivity contribution in [2.45, 2.75) is 103 Å². The van der Waals surface area contributed by atoms with Crippen LogP contribution in [0.2, 0.25) is 0 Å². The van der Waals surface area contributed by atoms with E-state index in [2.05, 4.69) is 19.2 Å². The minimum atomic E-state index is 0.836. The van der Waals surface area contributed by atoms with Crippen LogP contribution in [-0.2, 0) is 0 Å². The molecule has 1 saturated carbocycles. The number of nitrogens with one attached hydrogen (secondary N) is 1. The van der Waals surface area contributed by atoms with Gasteiger partial charge in [-0.1, -0.05) is 78.1 Å². The summed E-state index contributed by atoms with van der Waals surface area (Å²) in [5.74, 6) is 0.961. The van der Waals surface area contributed by atoms with Crippen LogP contribution in [0.1, 0.15) is 97.3 Å². The summed E-state index contributed by atoms with van der Waals surface area (Å²) in [4.78, 5) is 0. The second kappa shape index (κ2) is 11.8. The van der Waals surface area contributed by atoms with Crippen molar-refractivity contribution in [2.75, 3.05) is 6.54 Å². The van der Waals surface area contributed by atoms with Gasteiger partial charge in [0.25, 0.3) is 0 Å². The highest BCUT2D eigenvalue weighted by Gasteiger charge is 2.22. The summed E-state index contributed by atoms with van der Waals surface area (Å²) < 4.78 is 0. The summed E-state index contributed by atoms with van der Waals surface area (Å²) in [7, 11) is 0. The molecule has 0 aromatic heterocycles. The summed E-state index contributed by atoms with van der Waals surface area (Å²) in [6.07, 6.45) is 18.6. The third-order valence-corrected chi connectivity index (χ3v) is 4.87. The van der Waals surface area contributed by atoms with E-state index in [4.69, 9.17) is 0 Å². The topological polar surface area (TPSA) is 12.0 Å². The molecule has 1 aliphatic rings. The van der Waals surface area contributed by atoms with E-state index in [1.807, 2.05) is 0 Å². The van der Waals surface area contributed by atoms with Crippen LogP contribution in [0, 0.1) is 5.92 Å². The van der Waals surface area contributed by atoms with Crippen LogP contribution in [0.25, 0.3) is 0 Å². The SMILES string of the molecule is CCCCCCCCCCNC1CCCCC1CC. The molecule has 0 radical (unpaired) electrons. The zero-order valence-corrected chi connectivity index (χ0v) is 13.6. The predicted molar refractivity (Wildman–Crippen MR) is 86.6 cm³/mol. The molecule has 0 aromatic carbocycles. The molecular formula is C18H37N. The Morgan fingerprint density at radius 1 is 0.789 bits per heavy atom. The summed E-state index contributed by atoms with van der Waals surface area (Å²) in [6, 6.07) is 0.836. The smallest absolute Gasteiger partial charge is 0.00952 e. The maximum atomic E-state index is 3.83. The van der Waals surface area contributed by atoms with Crippen molar-refractivity contribution in [1.29, 1.82) is 0 Å². The first kappa shape index (κ1) is 17.0. The maximum Gasteiger partial charge on any atom is 0.00952 e. The Kier molecular flexibility index (Phi) is 10.5. The molecule has 0 amide bonds. The van der Waals surface area contributed by atoms with Crippen LogP contribution in [0.5, 0.6) is 0 Å². The molecule has 0 spiro atoms. The van der Waals surface area contributed by atoms with Gasteiger partial charge in [-0.2, -0.15) is 0 Å². The van der Waals surface area contributed by atoms with Crippen LogP contribution in [0.3, 0.4) is 0 Å². The summed E-state index contributed by atoms with van der Waals surface area (Å²) in [5.41, 5.74) is 0. The first-order valence-electron chi connectivity index (χ1n) is 9.11. The van der Waals surface area contributed by atoms with Gasteiger partial charge in [-0.3, -0.25) is 0 Å². The van der Waals surface area contributed by atoms with Crippen LogP contribution in [0.4, 0.5) is 0 Å². The lowest BCUT2D eigenvalue weighted by molar-refractivity contribution is 0.255. The monoisotopic (exact) mass is 267 g/mol. The average molecular weight is 268 g/mol. The second-order valence-corrected chi connectivity index (χ2v) is 6.49. The zero-order chi connectivity index (χ0) is 13.8. The van der Waals surface area contributed by atoms with Gasteiger partial charge in [0.05, 0.1) is 0 Å². The third-order valence-electron chi connectivity index (χ3n) is 4.87. The standard InChI is InChI=1S/C18H37N/c1-3-5-6-7-8-9-10-13-16-19-18-15-12-11-14-17(18)4-2/h17-19H,3-16H2,1-2H3. The van der Waals surface area contributed by atoms with Crippen LogP contribution in [0.15, 0.2) is 0 Å². The molecule has 0 heterocycles. The van der Waals surface area contributed by atoms with Crippen molar-refractivity contribution in [3.63, 3.8) is 0 Å². The average Bonchev–Trinajstić information content (AvgIpc) is 2.46. The van der Waals surface area contributed by atoms with Gasteiger partial charge in [0.2, 0.25) is 0 Å². The Hall–Kier alpha value is -0.0400. The van der Waals surface area contributed by atoms with Gasteiger partial charge in [0.15, 0.2) is 0 Å². The number of hydrogen-bond donors (Lipinski definition) is 1. The fraction of sp³-hybridized carbons (Fsp3) is 1.00. The molecule has 114 valence electrons. The highest BCUT2D eigenvalue weighted by atomic mass is 14.9. The summed E-state index contributed by atoms with van der Waals surface area (Å²) >= 11 is 0. The minimum absolute atomic E-state index is 0.836. The molecule has 1 fully saturated rings. The Balaban J connectivity index is 1.89. The Morgan fingerprint density at radius 3 is 2.11 bits per heavy atom. The van der Waals surface area contributed by atoms with Crippen LogP contribution < -0.4 is 5.32 Å². The quantitative estimate of drug-likeness (QED) is 0.474. The van der Waals surface area contributed by atoms with Crippen molar-refractivity contribution in [2.24, 2.45) is 5.92 Å². The van der Waals surface area contributed by atoms with Crippen molar-refractivity contribution in [3.8, 4) is 0 Å². The predicted octanol–water partition coefficient (Wildman–Crippen LogP) is 5.69. The maximum absolute atomic E-state index is 3.83.